The first-order valence-electron chi connectivity index (χ1n) is 6.83. The van der Waals surface area contributed by atoms with E-state index in [-0.39, 0.29) is 5.97 Å². The van der Waals surface area contributed by atoms with Gasteiger partial charge in [0.1, 0.15) is 11.5 Å². The van der Waals surface area contributed by atoms with Crippen molar-refractivity contribution in [2.24, 2.45) is 0 Å². The zero-order valence-electron chi connectivity index (χ0n) is 12.5. The number of esters is 1. The van der Waals surface area contributed by atoms with Crippen LogP contribution in [0.25, 0.3) is 0 Å². The molecule has 2 aromatic carbocycles. The molecule has 0 saturated carbocycles. The molecule has 0 bridgehead atoms. The van der Waals surface area contributed by atoms with Crippen LogP contribution >= 0.6 is 0 Å². The van der Waals surface area contributed by atoms with Crippen LogP contribution in [-0.4, -0.2) is 12.6 Å². The Kier molecular flexibility index (Phi) is 4.48. The third-order valence-corrected chi connectivity index (χ3v) is 3.08. The molecule has 2 rings (SSSR count). The number of ether oxygens (including phenoxy) is 2. The van der Waals surface area contributed by atoms with Gasteiger partial charge in [0, 0.05) is 0 Å². The quantitative estimate of drug-likeness (QED) is 0.684. The number of benzene rings is 2. The largest absolute Gasteiger partial charge is 0.462 e. The SMILES string of the molecule is CCOC(=O)c1ccc(Oc2cc(C)ccc2C)c(N)c1. The summed E-state index contributed by atoms with van der Waals surface area (Å²) >= 11 is 0. The van der Waals surface area contributed by atoms with E-state index in [1.807, 2.05) is 32.0 Å². The lowest BCUT2D eigenvalue weighted by molar-refractivity contribution is 0.0526. The highest BCUT2D eigenvalue weighted by Crippen LogP contribution is 2.31. The Morgan fingerprint density at radius 3 is 2.52 bits per heavy atom. The topological polar surface area (TPSA) is 61.5 Å². The summed E-state index contributed by atoms with van der Waals surface area (Å²) in [6.07, 6.45) is 0. The Balaban J connectivity index is 2.25. The minimum absolute atomic E-state index is 0.333. The zero-order chi connectivity index (χ0) is 15.4. The molecule has 0 aliphatic rings. The Morgan fingerprint density at radius 1 is 1.10 bits per heavy atom. The van der Waals surface area contributed by atoms with E-state index in [1.54, 1.807) is 25.1 Å². The summed E-state index contributed by atoms with van der Waals surface area (Å²) in [5.41, 5.74) is 8.91. The number of carbonyl (C=O) groups is 1. The molecule has 0 unspecified atom stereocenters. The maximum absolute atomic E-state index is 11.6. The molecule has 0 atom stereocenters. The first kappa shape index (κ1) is 14.9. The highest BCUT2D eigenvalue weighted by molar-refractivity contribution is 5.91. The van der Waals surface area contributed by atoms with Crippen molar-refractivity contribution in [3.05, 3.63) is 53.1 Å². The summed E-state index contributed by atoms with van der Waals surface area (Å²) < 4.78 is 10.8. The number of hydrogen-bond acceptors (Lipinski definition) is 4. The van der Waals surface area contributed by atoms with Crippen LogP contribution in [0.5, 0.6) is 11.5 Å². The summed E-state index contributed by atoms with van der Waals surface area (Å²) in [5.74, 6) is 0.893. The van der Waals surface area contributed by atoms with Crippen LogP contribution in [0.3, 0.4) is 0 Å². The Morgan fingerprint density at radius 2 is 1.86 bits per heavy atom. The molecule has 21 heavy (non-hydrogen) atoms. The van der Waals surface area contributed by atoms with E-state index in [9.17, 15) is 4.79 Å². The van der Waals surface area contributed by atoms with Crippen molar-refractivity contribution in [1.29, 1.82) is 0 Å². The number of aryl methyl sites for hydroxylation is 2. The number of nitrogen functional groups attached to an aromatic ring is 1. The van der Waals surface area contributed by atoms with Crippen molar-refractivity contribution in [2.75, 3.05) is 12.3 Å². The Bertz CT molecular complexity index is 665. The van der Waals surface area contributed by atoms with Crippen molar-refractivity contribution >= 4 is 11.7 Å². The van der Waals surface area contributed by atoms with Crippen molar-refractivity contribution in [3.8, 4) is 11.5 Å². The normalized spacial score (nSPS) is 10.2. The molecule has 4 heteroatoms. The predicted molar refractivity (Wildman–Crippen MR) is 82.8 cm³/mol. The van der Waals surface area contributed by atoms with Gasteiger partial charge in [-0.25, -0.2) is 4.79 Å². The summed E-state index contributed by atoms with van der Waals surface area (Å²) in [5, 5.41) is 0. The van der Waals surface area contributed by atoms with Crippen molar-refractivity contribution in [3.63, 3.8) is 0 Å². The number of carbonyl (C=O) groups excluding carboxylic acids is 1. The van der Waals surface area contributed by atoms with Crippen LogP contribution in [0.1, 0.15) is 28.4 Å². The van der Waals surface area contributed by atoms with E-state index in [2.05, 4.69) is 0 Å². The molecule has 0 aliphatic heterocycles. The van der Waals surface area contributed by atoms with E-state index in [4.69, 9.17) is 15.2 Å². The van der Waals surface area contributed by atoms with Gasteiger partial charge < -0.3 is 15.2 Å². The minimum Gasteiger partial charge on any atom is -0.462 e. The second-order valence-electron chi connectivity index (χ2n) is 4.84. The van der Waals surface area contributed by atoms with Gasteiger partial charge in [-0.1, -0.05) is 12.1 Å². The Labute approximate surface area is 124 Å². The number of nitrogens with two attached hydrogens (primary N) is 1. The molecule has 0 heterocycles. The molecule has 0 fully saturated rings. The molecule has 0 saturated heterocycles. The third-order valence-electron chi connectivity index (χ3n) is 3.08. The molecule has 0 radical (unpaired) electrons. The monoisotopic (exact) mass is 285 g/mol. The first-order chi connectivity index (χ1) is 10.0. The maximum atomic E-state index is 11.6. The van der Waals surface area contributed by atoms with Crippen LogP contribution in [0, 0.1) is 13.8 Å². The summed E-state index contributed by atoms with van der Waals surface area (Å²) in [6, 6.07) is 10.9. The molecule has 0 aliphatic carbocycles. The van der Waals surface area contributed by atoms with E-state index < -0.39 is 0 Å². The Hall–Kier alpha value is -2.49. The summed E-state index contributed by atoms with van der Waals surface area (Å²) in [7, 11) is 0. The van der Waals surface area contributed by atoms with E-state index in [1.165, 1.54) is 0 Å². The molecule has 0 aromatic heterocycles. The second kappa shape index (κ2) is 6.31. The van der Waals surface area contributed by atoms with Gasteiger partial charge in [0.05, 0.1) is 17.9 Å². The van der Waals surface area contributed by atoms with Gasteiger partial charge in [-0.2, -0.15) is 0 Å². The van der Waals surface area contributed by atoms with Crippen LogP contribution in [0.2, 0.25) is 0 Å². The molecule has 2 N–H and O–H groups in total. The highest BCUT2D eigenvalue weighted by Gasteiger charge is 2.11. The van der Waals surface area contributed by atoms with Gasteiger partial charge in [0.2, 0.25) is 0 Å². The number of rotatable bonds is 4. The smallest absolute Gasteiger partial charge is 0.338 e. The maximum Gasteiger partial charge on any atom is 0.338 e. The molecule has 2 aromatic rings. The third kappa shape index (κ3) is 3.54. The van der Waals surface area contributed by atoms with Crippen LogP contribution < -0.4 is 10.5 Å². The molecular weight excluding hydrogens is 266 g/mol. The molecular formula is C17H19NO3. The zero-order valence-corrected chi connectivity index (χ0v) is 12.5. The lowest BCUT2D eigenvalue weighted by Crippen LogP contribution is -2.05. The van der Waals surface area contributed by atoms with Gasteiger partial charge in [-0.05, 0) is 56.2 Å². The predicted octanol–water partition coefficient (Wildman–Crippen LogP) is 3.85. The van der Waals surface area contributed by atoms with Crippen LogP contribution in [0.4, 0.5) is 5.69 Å². The lowest BCUT2D eigenvalue weighted by Gasteiger charge is -2.12. The van der Waals surface area contributed by atoms with Gasteiger partial charge in [-0.15, -0.1) is 0 Å². The molecule has 0 amide bonds. The minimum atomic E-state index is -0.387. The average Bonchev–Trinajstić information content (AvgIpc) is 2.45. The standard InChI is InChI=1S/C17H19NO3/c1-4-20-17(19)13-7-8-15(14(18)10-13)21-16-9-11(2)5-6-12(16)3/h5-10H,4,18H2,1-3H3. The molecule has 110 valence electrons. The first-order valence-corrected chi connectivity index (χ1v) is 6.83. The van der Waals surface area contributed by atoms with Gasteiger partial charge in [0.15, 0.2) is 0 Å². The molecule has 4 nitrogen and oxygen atoms in total. The summed E-state index contributed by atoms with van der Waals surface area (Å²) in [6.45, 7) is 6.07. The summed E-state index contributed by atoms with van der Waals surface area (Å²) in [4.78, 5) is 11.6. The fourth-order valence-electron chi connectivity index (χ4n) is 1.92. The van der Waals surface area contributed by atoms with Gasteiger partial charge in [-0.3, -0.25) is 0 Å². The van der Waals surface area contributed by atoms with E-state index >= 15 is 0 Å². The van der Waals surface area contributed by atoms with Crippen LogP contribution in [0.15, 0.2) is 36.4 Å². The fourth-order valence-corrected chi connectivity index (χ4v) is 1.92. The van der Waals surface area contributed by atoms with Gasteiger partial charge >= 0.3 is 5.97 Å². The van der Waals surface area contributed by atoms with Crippen molar-refractivity contribution < 1.29 is 14.3 Å². The van der Waals surface area contributed by atoms with Crippen LogP contribution in [-0.2, 0) is 4.74 Å². The van der Waals surface area contributed by atoms with Crippen molar-refractivity contribution in [1.82, 2.24) is 0 Å². The highest BCUT2D eigenvalue weighted by atomic mass is 16.5. The molecule has 0 spiro atoms. The number of hydrogen-bond donors (Lipinski definition) is 1. The van der Waals surface area contributed by atoms with E-state index in [0.29, 0.717) is 23.6 Å². The van der Waals surface area contributed by atoms with E-state index in [0.717, 1.165) is 16.9 Å². The van der Waals surface area contributed by atoms with Crippen molar-refractivity contribution in [2.45, 2.75) is 20.8 Å². The lowest BCUT2D eigenvalue weighted by atomic mass is 10.1. The second-order valence-corrected chi connectivity index (χ2v) is 4.84. The number of anilines is 1. The average molecular weight is 285 g/mol. The van der Waals surface area contributed by atoms with Gasteiger partial charge in [0.25, 0.3) is 0 Å². The fraction of sp³-hybridized carbons (Fsp3) is 0.235.